The van der Waals surface area contributed by atoms with Gasteiger partial charge >= 0.3 is 0 Å². The van der Waals surface area contributed by atoms with Gasteiger partial charge in [-0.1, -0.05) is 65.0 Å². The zero-order valence-electron chi connectivity index (χ0n) is 15.2. The second kappa shape index (κ2) is 9.71. The number of rotatable bonds is 8. The van der Waals surface area contributed by atoms with Gasteiger partial charge < -0.3 is 10.1 Å². The second-order valence-corrected chi connectivity index (χ2v) is 6.87. The lowest BCUT2D eigenvalue weighted by atomic mass is 10.1. The number of ether oxygens (including phenoxy) is 1. The summed E-state index contributed by atoms with van der Waals surface area (Å²) in [5, 5.41) is 9.38. The van der Waals surface area contributed by atoms with Gasteiger partial charge in [0.2, 0.25) is 0 Å². The van der Waals surface area contributed by atoms with Crippen LogP contribution in [0.2, 0.25) is 0 Å². The number of anilines is 1. The summed E-state index contributed by atoms with van der Waals surface area (Å²) in [6.45, 7) is 4.15. The summed E-state index contributed by atoms with van der Waals surface area (Å²) in [5.41, 5.74) is 4.18. The molecule has 3 aromatic carbocycles. The van der Waals surface area contributed by atoms with Crippen molar-refractivity contribution in [2.24, 2.45) is 5.10 Å². The Labute approximate surface area is 172 Å². The monoisotopic (exact) mass is 437 g/mol. The molecule has 5 nitrogen and oxygen atoms in total. The van der Waals surface area contributed by atoms with E-state index in [1.54, 1.807) is 12.3 Å². The van der Waals surface area contributed by atoms with E-state index in [1.165, 1.54) is 0 Å². The van der Waals surface area contributed by atoms with Crippen LogP contribution in [0, 0.1) is 0 Å². The molecule has 0 atom stereocenters. The van der Waals surface area contributed by atoms with Crippen molar-refractivity contribution in [2.45, 2.75) is 0 Å². The van der Waals surface area contributed by atoms with Crippen molar-refractivity contribution < 1.29 is 9.53 Å². The molecule has 0 aliphatic rings. The van der Waals surface area contributed by atoms with Gasteiger partial charge in [0.25, 0.3) is 5.91 Å². The summed E-state index contributed by atoms with van der Waals surface area (Å²) < 4.78 is 6.48. The maximum atomic E-state index is 12.1. The summed E-state index contributed by atoms with van der Waals surface area (Å²) in [4.78, 5) is 12.1. The molecule has 142 valence electrons. The maximum absolute atomic E-state index is 12.1. The van der Waals surface area contributed by atoms with Crippen molar-refractivity contribution in [1.82, 2.24) is 5.43 Å². The number of hydrogen-bond acceptors (Lipinski definition) is 4. The summed E-state index contributed by atoms with van der Waals surface area (Å²) in [5.74, 6) is 0.419. The van der Waals surface area contributed by atoms with Crippen LogP contribution in [0.4, 0.5) is 5.69 Å². The highest BCUT2D eigenvalue weighted by Gasteiger charge is 2.05. The predicted molar refractivity (Wildman–Crippen MR) is 118 cm³/mol. The van der Waals surface area contributed by atoms with E-state index >= 15 is 0 Å². The molecule has 3 aromatic rings. The molecule has 1 amide bonds. The number of amides is 1. The fourth-order valence-corrected chi connectivity index (χ4v) is 3.05. The van der Waals surface area contributed by atoms with Crippen molar-refractivity contribution >= 4 is 44.5 Å². The lowest BCUT2D eigenvalue weighted by molar-refractivity contribution is -0.119. The molecule has 0 fully saturated rings. The van der Waals surface area contributed by atoms with Gasteiger partial charge in [0, 0.05) is 21.1 Å². The number of nitrogens with one attached hydrogen (secondary N) is 2. The molecular formula is C22H20BrN3O2. The molecule has 0 saturated heterocycles. The molecule has 0 radical (unpaired) electrons. The molecule has 0 aromatic heterocycles. The van der Waals surface area contributed by atoms with Crippen molar-refractivity contribution in [2.75, 3.05) is 18.5 Å². The molecule has 28 heavy (non-hydrogen) atoms. The average molecular weight is 438 g/mol. The van der Waals surface area contributed by atoms with Gasteiger partial charge in [-0.2, -0.15) is 5.10 Å². The SMILES string of the molecule is C=CCOc1ccc(Br)cc1/C=N\NC(=O)CNc1cccc2ccccc12. The van der Waals surface area contributed by atoms with E-state index in [-0.39, 0.29) is 12.5 Å². The summed E-state index contributed by atoms with van der Waals surface area (Å²) in [7, 11) is 0. The average Bonchev–Trinajstić information content (AvgIpc) is 2.71. The molecule has 0 bridgehead atoms. The Bertz CT molecular complexity index is 1010. The molecule has 0 spiro atoms. The molecule has 6 heteroatoms. The van der Waals surface area contributed by atoms with Crippen LogP contribution in [0.3, 0.4) is 0 Å². The van der Waals surface area contributed by atoms with Crippen LogP contribution in [-0.4, -0.2) is 25.3 Å². The predicted octanol–water partition coefficient (Wildman–Crippen LogP) is 4.73. The highest BCUT2D eigenvalue weighted by atomic mass is 79.9. The Morgan fingerprint density at radius 1 is 1.14 bits per heavy atom. The number of carbonyl (C=O) groups is 1. The van der Waals surface area contributed by atoms with Crippen LogP contribution in [0.5, 0.6) is 5.75 Å². The number of fused-ring (bicyclic) bond motifs is 1. The molecule has 3 rings (SSSR count). The second-order valence-electron chi connectivity index (χ2n) is 5.96. The first-order valence-corrected chi connectivity index (χ1v) is 9.53. The third-order valence-corrected chi connectivity index (χ3v) is 4.44. The summed E-state index contributed by atoms with van der Waals surface area (Å²) >= 11 is 3.42. The van der Waals surface area contributed by atoms with E-state index in [0.29, 0.717) is 12.4 Å². The minimum Gasteiger partial charge on any atom is -0.489 e. The van der Waals surface area contributed by atoms with Crippen LogP contribution < -0.4 is 15.5 Å². The van der Waals surface area contributed by atoms with Crippen molar-refractivity contribution in [1.29, 1.82) is 0 Å². The lowest BCUT2D eigenvalue weighted by Crippen LogP contribution is -2.26. The van der Waals surface area contributed by atoms with E-state index in [1.807, 2.05) is 60.7 Å². The van der Waals surface area contributed by atoms with Gasteiger partial charge in [-0.15, -0.1) is 0 Å². The number of hydrazone groups is 1. The first kappa shape index (κ1) is 19.6. The largest absolute Gasteiger partial charge is 0.489 e. The fourth-order valence-electron chi connectivity index (χ4n) is 2.67. The standard InChI is InChI=1S/C22H20BrN3O2/c1-2-12-28-21-11-10-18(23)13-17(21)14-25-26-22(27)15-24-20-9-5-7-16-6-3-4-8-19(16)20/h2-11,13-14,24H,1,12,15H2,(H,26,27)/b25-14-. The zero-order chi connectivity index (χ0) is 19.8. The lowest BCUT2D eigenvalue weighted by Gasteiger charge is -2.09. The maximum Gasteiger partial charge on any atom is 0.259 e. The minimum absolute atomic E-state index is 0.115. The van der Waals surface area contributed by atoms with Crippen LogP contribution in [-0.2, 0) is 4.79 Å². The Morgan fingerprint density at radius 2 is 1.96 bits per heavy atom. The normalized spacial score (nSPS) is 10.8. The van der Waals surface area contributed by atoms with Crippen LogP contribution in [0.1, 0.15) is 5.56 Å². The van der Waals surface area contributed by atoms with Gasteiger partial charge in [-0.3, -0.25) is 4.79 Å². The first-order valence-electron chi connectivity index (χ1n) is 8.74. The molecule has 0 heterocycles. The summed E-state index contributed by atoms with van der Waals surface area (Å²) in [6, 6.07) is 19.5. The number of carbonyl (C=O) groups excluding carboxylic acids is 1. The fraction of sp³-hybridized carbons (Fsp3) is 0.0909. The molecule has 0 unspecified atom stereocenters. The van der Waals surface area contributed by atoms with Crippen LogP contribution in [0.25, 0.3) is 10.8 Å². The van der Waals surface area contributed by atoms with E-state index < -0.39 is 0 Å². The number of benzene rings is 3. The van der Waals surface area contributed by atoms with Gasteiger partial charge in [0.05, 0.1) is 12.8 Å². The zero-order valence-corrected chi connectivity index (χ0v) is 16.8. The Hall–Kier alpha value is -3.12. The number of hydrogen-bond donors (Lipinski definition) is 2. The quantitative estimate of drug-likeness (QED) is 0.304. The smallest absolute Gasteiger partial charge is 0.259 e. The molecule has 0 saturated carbocycles. The third-order valence-electron chi connectivity index (χ3n) is 3.95. The van der Waals surface area contributed by atoms with Crippen LogP contribution >= 0.6 is 15.9 Å². The van der Waals surface area contributed by atoms with Crippen molar-refractivity contribution in [3.8, 4) is 5.75 Å². The highest BCUT2D eigenvalue weighted by Crippen LogP contribution is 2.23. The molecular weight excluding hydrogens is 418 g/mol. The number of halogens is 1. The molecule has 2 N–H and O–H groups in total. The van der Waals surface area contributed by atoms with E-state index in [4.69, 9.17) is 4.74 Å². The van der Waals surface area contributed by atoms with Gasteiger partial charge in [0.1, 0.15) is 12.4 Å². The van der Waals surface area contributed by atoms with Gasteiger partial charge in [-0.05, 0) is 29.7 Å². The Morgan fingerprint density at radius 3 is 2.82 bits per heavy atom. The molecule has 0 aliphatic carbocycles. The van der Waals surface area contributed by atoms with Crippen molar-refractivity contribution in [3.63, 3.8) is 0 Å². The number of nitrogens with zero attached hydrogens (tertiary/aromatic N) is 1. The summed E-state index contributed by atoms with van der Waals surface area (Å²) in [6.07, 6.45) is 3.22. The topological polar surface area (TPSA) is 62.7 Å². The molecule has 0 aliphatic heterocycles. The van der Waals surface area contributed by atoms with Crippen LogP contribution in [0.15, 0.2) is 82.9 Å². The third kappa shape index (κ3) is 5.20. The Balaban J connectivity index is 1.60. The minimum atomic E-state index is -0.243. The van der Waals surface area contributed by atoms with Crippen molar-refractivity contribution in [3.05, 3.63) is 83.4 Å². The Kier molecular flexibility index (Phi) is 6.81. The van der Waals surface area contributed by atoms with Gasteiger partial charge in [-0.25, -0.2) is 5.43 Å². The highest BCUT2D eigenvalue weighted by molar-refractivity contribution is 9.10. The first-order chi connectivity index (χ1) is 13.7. The van der Waals surface area contributed by atoms with Gasteiger partial charge in [0.15, 0.2) is 0 Å². The van der Waals surface area contributed by atoms with E-state index in [9.17, 15) is 4.79 Å². The van der Waals surface area contributed by atoms with E-state index in [2.05, 4.69) is 38.4 Å². The van der Waals surface area contributed by atoms with E-state index in [0.717, 1.165) is 26.5 Å².